The van der Waals surface area contributed by atoms with E-state index in [4.69, 9.17) is 14.9 Å². The smallest absolute Gasteiger partial charge is 0.418 e. The summed E-state index contributed by atoms with van der Waals surface area (Å²) in [7, 11) is 2.93. The summed E-state index contributed by atoms with van der Waals surface area (Å²) < 4.78 is 63.7. The van der Waals surface area contributed by atoms with Crippen molar-refractivity contribution >= 4 is 17.3 Å². The Kier molecular flexibility index (Phi) is 6.33. The molecule has 0 spiro atoms. The molecule has 2 aromatic rings. The molecule has 1 aliphatic rings. The Morgan fingerprint density at radius 2 is 1.61 bits per heavy atom. The summed E-state index contributed by atoms with van der Waals surface area (Å²) in [5, 5.41) is 10.7. The van der Waals surface area contributed by atoms with E-state index in [1.807, 2.05) is 0 Å². The molecule has 0 aliphatic heterocycles. The van der Waals surface area contributed by atoms with Crippen LogP contribution in [-0.2, 0) is 11.0 Å². The molecule has 1 amide bonds. The van der Waals surface area contributed by atoms with Crippen molar-refractivity contribution in [3.8, 4) is 11.5 Å². The van der Waals surface area contributed by atoms with Gasteiger partial charge >= 0.3 is 6.18 Å². The van der Waals surface area contributed by atoms with Crippen molar-refractivity contribution in [1.29, 1.82) is 5.41 Å². The quantitative estimate of drug-likeness (QED) is 0.474. The Hall–Kier alpha value is -3.36. The van der Waals surface area contributed by atoms with Gasteiger partial charge in [0.15, 0.2) is 0 Å². The van der Waals surface area contributed by atoms with Crippen LogP contribution in [0.25, 0.3) is 0 Å². The Labute approximate surface area is 176 Å². The first-order chi connectivity index (χ1) is 14.6. The molecule has 0 fully saturated rings. The molecule has 0 radical (unpaired) electrons. The molecule has 0 saturated heterocycles. The number of alkyl halides is 3. The van der Waals surface area contributed by atoms with Crippen LogP contribution in [0.1, 0.15) is 30.4 Å². The number of rotatable bonds is 6. The monoisotopic (exact) mass is 436 g/mol. The molecule has 9 heteroatoms. The first-order valence-corrected chi connectivity index (χ1v) is 9.36. The lowest BCUT2D eigenvalue weighted by Gasteiger charge is -2.15. The minimum absolute atomic E-state index is 0.0511. The molecule has 164 valence electrons. The predicted octanol–water partition coefficient (Wildman–Crippen LogP) is 5.35. The average Bonchev–Trinajstić information content (AvgIpc) is 3.22. The van der Waals surface area contributed by atoms with Gasteiger partial charge in [-0.05, 0) is 55.2 Å². The molecule has 0 unspecified atom stereocenters. The zero-order chi connectivity index (χ0) is 22.8. The summed E-state index contributed by atoms with van der Waals surface area (Å²) in [6.07, 6.45) is -3.48. The number of halogens is 4. The van der Waals surface area contributed by atoms with Crippen LogP contribution in [-0.4, -0.2) is 25.8 Å². The lowest BCUT2D eigenvalue weighted by molar-refractivity contribution is -0.137. The van der Waals surface area contributed by atoms with Gasteiger partial charge in [0, 0.05) is 17.2 Å². The van der Waals surface area contributed by atoms with Crippen LogP contribution in [0.2, 0.25) is 0 Å². The van der Waals surface area contributed by atoms with E-state index in [9.17, 15) is 22.4 Å². The Morgan fingerprint density at radius 1 is 1.00 bits per heavy atom. The van der Waals surface area contributed by atoms with Crippen LogP contribution in [0.3, 0.4) is 0 Å². The predicted molar refractivity (Wildman–Crippen MR) is 107 cm³/mol. The van der Waals surface area contributed by atoms with E-state index in [-0.39, 0.29) is 11.3 Å². The molecule has 1 aliphatic carbocycles. The van der Waals surface area contributed by atoms with Crippen LogP contribution in [0.4, 0.5) is 23.2 Å². The highest BCUT2D eigenvalue weighted by Gasteiger charge is 2.35. The minimum Gasteiger partial charge on any atom is -0.497 e. The first kappa shape index (κ1) is 22.3. The van der Waals surface area contributed by atoms with Gasteiger partial charge in [-0.25, -0.2) is 4.39 Å². The molecule has 2 aromatic carbocycles. The Morgan fingerprint density at radius 3 is 2.19 bits per heavy atom. The molecule has 5 nitrogen and oxygen atoms in total. The van der Waals surface area contributed by atoms with Crippen molar-refractivity contribution in [2.45, 2.75) is 25.4 Å². The van der Waals surface area contributed by atoms with Gasteiger partial charge < -0.3 is 14.8 Å². The number of anilines is 1. The van der Waals surface area contributed by atoms with E-state index < -0.39 is 29.2 Å². The number of ether oxygens (including phenoxy) is 2. The van der Waals surface area contributed by atoms with Crippen molar-refractivity contribution < 1.29 is 31.8 Å². The fourth-order valence-electron chi connectivity index (χ4n) is 3.46. The van der Waals surface area contributed by atoms with E-state index in [1.165, 1.54) is 14.2 Å². The number of carbonyl (C=O) groups excluding carboxylic acids is 1. The SMILES string of the molecule is COc1cc(OC)cc(C(=N)C2=C(C(=O)Nc3cc(F)ccc3C(F)(F)F)CCC2)c1. The summed E-state index contributed by atoms with van der Waals surface area (Å²) >= 11 is 0. The molecule has 0 bridgehead atoms. The lowest BCUT2D eigenvalue weighted by Crippen LogP contribution is -2.19. The fraction of sp³-hybridized carbons (Fsp3) is 0.273. The van der Waals surface area contributed by atoms with Crippen molar-refractivity contribution in [3.05, 3.63) is 64.5 Å². The third-order valence-corrected chi connectivity index (χ3v) is 4.97. The maximum Gasteiger partial charge on any atom is 0.418 e. The standard InChI is InChI=1S/C22H20F4N2O3/c1-30-14-8-12(9-15(11-14)31-2)20(27)16-4-3-5-17(16)21(29)28-19-10-13(23)6-7-18(19)22(24,25)26/h6-11,27H,3-5H2,1-2H3,(H,28,29). The zero-order valence-electron chi connectivity index (χ0n) is 16.8. The van der Waals surface area contributed by atoms with Gasteiger partial charge in [-0.3, -0.25) is 10.2 Å². The summed E-state index contributed by atoms with van der Waals surface area (Å²) in [6.45, 7) is 0. The molecule has 0 atom stereocenters. The van der Waals surface area contributed by atoms with Gasteiger partial charge in [-0.2, -0.15) is 13.2 Å². The lowest BCUT2D eigenvalue weighted by atomic mass is 9.98. The van der Waals surface area contributed by atoms with Crippen LogP contribution in [0.15, 0.2) is 47.5 Å². The van der Waals surface area contributed by atoms with Crippen LogP contribution in [0.5, 0.6) is 11.5 Å². The number of carbonyl (C=O) groups is 1. The molecule has 0 heterocycles. The third kappa shape index (κ3) is 4.87. The first-order valence-electron chi connectivity index (χ1n) is 9.36. The zero-order valence-corrected chi connectivity index (χ0v) is 16.8. The van der Waals surface area contributed by atoms with Gasteiger partial charge in [0.05, 0.1) is 31.2 Å². The summed E-state index contributed by atoms with van der Waals surface area (Å²) in [5.74, 6) is -0.778. The summed E-state index contributed by atoms with van der Waals surface area (Å²) in [4.78, 5) is 12.8. The van der Waals surface area contributed by atoms with Crippen LogP contribution < -0.4 is 14.8 Å². The van der Waals surface area contributed by atoms with Gasteiger partial charge in [0.25, 0.3) is 5.91 Å². The van der Waals surface area contributed by atoms with E-state index in [1.54, 1.807) is 18.2 Å². The minimum atomic E-state index is -4.76. The number of benzene rings is 2. The van der Waals surface area contributed by atoms with E-state index in [0.29, 0.717) is 60.1 Å². The highest BCUT2D eigenvalue weighted by molar-refractivity contribution is 6.17. The molecular formula is C22H20F4N2O3. The van der Waals surface area contributed by atoms with E-state index in [2.05, 4.69) is 5.32 Å². The molecular weight excluding hydrogens is 416 g/mol. The second-order valence-corrected chi connectivity index (χ2v) is 6.93. The number of amides is 1. The summed E-state index contributed by atoms with van der Waals surface area (Å²) in [5.41, 5.74) is -0.696. The molecule has 0 saturated carbocycles. The van der Waals surface area contributed by atoms with Crippen molar-refractivity contribution in [2.75, 3.05) is 19.5 Å². The number of hydrogen-bond donors (Lipinski definition) is 2. The Bertz CT molecular complexity index is 1040. The molecule has 3 rings (SSSR count). The maximum atomic E-state index is 13.5. The highest BCUT2D eigenvalue weighted by atomic mass is 19.4. The topological polar surface area (TPSA) is 71.4 Å². The number of nitrogens with one attached hydrogen (secondary N) is 2. The second kappa shape index (κ2) is 8.79. The molecule has 31 heavy (non-hydrogen) atoms. The fourth-order valence-corrected chi connectivity index (χ4v) is 3.46. The second-order valence-electron chi connectivity index (χ2n) is 6.93. The maximum absolute atomic E-state index is 13.5. The summed E-state index contributed by atoms with van der Waals surface area (Å²) in [6, 6.07) is 6.76. The number of methoxy groups -OCH3 is 2. The number of allylic oxidation sites excluding steroid dienone is 1. The van der Waals surface area contributed by atoms with Gasteiger partial charge in [-0.15, -0.1) is 0 Å². The molecule has 2 N–H and O–H groups in total. The Balaban J connectivity index is 1.95. The number of hydrogen-bond acceptors (Lipinski definition) is 4. The van der Waals surface area contributed by atoms with E-state index in [0.717, 1.165) is 0 Å². The van der Waals surface area contributed by atoms with Crippen molar-refractivity contribution in [3.63, 3.8) is 0 Å². The third-order valence-electron chi connectivity index (χ3n) is 4.97. The molecule has 0 aromatic heterocycles. The van der Waals surface area contributed by atoms with Gasteiger partial charge in [0.1, 0.15) is 17.3 Å². The van der Waals surface area contributed by atoms with Crippen LogP contribution in [0, 0.1) is 11.2 Å². The van der Waals surface area contributed by atoms with E-state index >= 15 is 0 Å². The largest absolute Gasteiger partial charge is 0.497 e. The van der Waals surface area contributed by atoms with Crippen molar-refractivity contribution in [1.82, 2.24) is 0 Å². The van der Waals surface area contributed by atoms with Crippen LogP contribution >= 0.6 is 0 Å². The van der Waals surface area contributed by atoms with Crippen molar-refractivity contribution in [2.24, 2.45) is 0 Å². The van der Waals surface area contributed by atoms with Gasteiger partial charge in [-0.1, -0.05) is 0 Å². The highest BCUT2D eigenvalue weighted by Crippen LogP contribution is 2.37. The average molecular weight is 436 g/mol. The normalized spacial score (nSPS) is 13.9. The van der Waals surface area contributed by atoms with Gasteiger partial charge in [0.2, 0.25) is 0 Å².